The first-order valence-corrected chi connectivity index (χ1v) is 10.1. The first-order valence-electron chi connectivity index (χ1n) is 8.26. The molecule has 2 aliphatic rings. The number of hydrogen-bond acceptors (Lipinski definition) is 4. The lowest BCUT2D eigenvalue weighted by Gasteiger charge is -2.16. The first kappa shape index (κ1) is 16.7. The van der Waals surface area contributed by atoms with E-state index >= 15 is 0 Å². The summed E-state index contributed by atoms with van der Waals surface area (Å²) in [5, 5.41) is 6.41. The molecule has 0 aromatic rings. The molecule has 6 heteroatoms. The van der Waals surface area contributed by atoms with Crippen molar-refractivity contribution in [1.82, 2.24) is 10.6 Å². The molecule has 0 spiro atoms. The molecule has 0 radical (unpaired) electrons. The van der Waals surface area contributed by atoms with Gasteiger partial charge in [0.25, 0.3) is 0 Å². The van der Waals surface area contributed by atoms with Crippen molar-refractivity contribution in [3.05, 3.63) is 0 Å². The molecule has 2 rings (SSSR count). The van der Waals surface area contributed by atoms with Gasteiger partial charge in [0, 0.05) is 25.6 Å². The molecule has 2 N–H and O–H groups in total. The Kier molecular flexibility index (Phi) is 6.48. The fourth-order valence-electron chi connectivity index (χ4n) is 3.33. The van der Waals surface area contributed by atoms with E-state index in [2.05, 4.69) is 10.6 Å². The van der Waals surface area contributed by atoms with E-state index in [-0.39, 0.29) is 23.3 Å². The number of carbonyl (C=O) groups is 1. The van der Waals surface area contributed by atoms with Crippen molar-refractivity contribution in [2.24, 2.45) is 5.92 Å². The van der Waals surface area contributed by atoms with Gasteiger partial charge >= 0.3 is 0 Å². The highest BCUT2D eigenvalue weighted by Crippen LogP contribution is 2.21. The zero-order valence-electron chi connectivity index (χ0n) is 12.8. The van der Waals surface area contributed by atoms with Crippen LogP contribution in [-0.2, 0) is 14.6 Å². The average Bonchev–Trinajstić information content (AvgIpc) is 2.65. The van der Waals surface area contributed by atoms with Crippen LogP contribution in [0.5, 0.6) is 0 Å². The largest absolute Gasteiger partial charge is 0.355 e. The Morgan fingerprint density at radius 2 is 1.71 bits per heavy atom. The molecule has 21 heavy (non-hydrogen) atoms. The molecule has 122 valence electrons. The van der Waals surface area contributed by atoms with Crippen molar-refractivity contribution in [2.45, 2.75) is 57.4 Å². The van der Waals surface area contributed by atoms with Crippen LogP contribution in [0.1, 0.15) is 51.4 Å². The molecule has 1 aliphatic heterocycles. The second-order valence-electron chi connectivity index (χ2n) is 6.47. The molecule has 1 saturated carbocycles. The zero-order valence-corrected chi connectivity index (χ0v) is 13.6. The Morgan fingerprint density at radius 1 is 1.00 bits per heavy atom. The summed E-state index contributed by atoms with van der Waals surface area (Å²) in [6.45, 7) is 1.44. The van der Waals surface area contributed by atoms with Gasteiger partial charge in [-0.2, -0.15) is 0 Å². The van der Waals surface area contributed by atoms with E-state index in [0.29, 0.717) is 25.4 Å². The van der Waals surface area contributed by atoms with Crippen LogP contribution in [0.4, 0.5) is 0 Å². The number of amides is 1. The van der Waals surface area contributed by atoms with Crippen LogP contribution in [0.2, 0.25) is 0 Å². The van der Waals surface area contributed by atoms with Crippen LogP contribution in [0.15, 0.2) is 0 Å². The predicted molar refractivity (Wildman–Crippen MR) is 83.9 cm³/mol. The summed E-state index contributed by atoms with van der Waals surface area (Å²) >= 11 is 0. The molecule has 2 fully saturated rings. The number of rotatable bonds is 6. The van der Waals surface area contributed by atoms with Crippen LogP contribution in [0.25, 0.3) is 0 Å². The van der Waals surface area contributed by atoms with Crippen molar-refractivity contribution in [3.63, 3.8) is 0 Å². The Balaban J connectivity index is 1.55. The third-order valence-electron chi connectivity index (χ3n) is 4.54. The molecule has 1 amide bonds. The van der Waals surface area contributed by atoms with Crippen LogP contribution in [0.3, 0.4) is 0 Å². The van der Waals surface area contributed by atoms with Crippen LogP contribution in [0, 0.1) is 5.92 Å². The fourth-order valence-corrected chi connectivity index (χ4v) is 5.19. The van der Waals surface area contributed by atoms with Crippen LogP contribution < -0.4 is 10.6 Å². The van der Waals surface area contributed by atoms with E-state index in [9.17, 15) is 13.2 Å². The smallest absolute Gasteiger partial charge is 0.220 e. The van der Waals surface area contributed by atoms with Crippen LogP contribution in [-0.4, -0.2) is 45.0 Å². The van der Waals surface area contributed by atoms with Gasteiger partial charge in [-0.15, -0.1) is 0 Å². The van der Waals surface area contributed by atoms with E-state index in [1.165, 1.54) is 38.5 Å². The minimum Gasteiger partial charge on any atom is -0.355 e. The minimum absolute atomic E-state index is 0.0141. The minimum atomic E-state index is -2.88. The Hall–Kier alpha value is -0.620. The Morgan fingerprint density at radius 3 is 2.33 bits per heavy atom. The Bertz CT molecular complexity index is 428. The molecule has 5 nitrogen and oxygen atoms in total. The van der Waals surface area contributed by atoms with Gasteiger partial charge < -0.3 is 10.6 Å². The van der Waals surface area contributed by atoms with Crippen molar-refractivity contribution >= 4 is 15.7 Å². The van der Waals surface area contributed by atoms with Crippen molar-refractivity contribution in [2.75, 3.05) is 24.6 Å². The molecule has 0 bridgehead atoms. The highest BCUT2D eigenvalue weighted by Gasteiger charge is 2.29. The molecular weight excluding hydrogens is 288 g/mol. The van der Waals surface area contributed by atoms with E-state index in [4.69, 9.17) is 0 Å². The maximum absolute atomic E-state index is 11.8. The maximum Gasteiger partial charge on any atom is 0.220 e. The van der Waals surface area contributed by atoms with Crippen molar-refractivity contribution < 1.29 is 13.2 Å². The van der Waals surface area contributed by atoms with Gasteiger partial charge in [0.15, 0.2) is 9.84 Å². The first-order chi connectivity index (χ1) is 10.1. The summed E-state index contributed by atoms with van der Waals surface area (Å²) in [5.74, 6) is 0.430. The summed E-state index contributed by atoms with van der Waals surface area (Å²) in [5.41, 5.74) is 0. The summed E-state index contributed by atoms with van der Waals surface area (Å²) in [7, 11) is -2.88. The molecule has 1 atom stereocenters. The topological polar surface area (TPSA) is 75.3 Å². The third kappa shape index (κ3) is 6.34. The summed E-state index contributed by atoms with van der Waals surface area (Å²) in [6, 6.07) is 0.601. The number of hydrogen-bond donors (Lipinski definition) is 2. The van der Waals surface area contributed by atoms with Gasteiger partial charge in [-0.25, -0.2) is 8.42 Å². The zero-order chi connectivity index (χ0) is 15.1. The van der Waals surface area contributed by atoms with Gasteiger partial charge in [0.2, 0.25) is 5.91 Å². The molecule has 1 aliphatic carbocycles. The lowest BCUT2D eigenvalue weighted by Crippen LogP contribution is -2.37. The third-order valence-corrected chi connectivity index (χ3v) is 6.37. The molecular formula is C15H28N2O3S. The summed E-state index contributed by atoms with van der Waals surface area (Å²) in [6.07, 6.45) is 8.78. The highest BCUT2D eigenvalue weighted by molar-refractivity contribution is 7.91. The van der Waals surface area contributed by atoms with Crippen molar-refractivity contribution in [1.29, 1.82) is 0 Å². The number of sulfone groups is 1. The second-order valence-corrected chi connectivity index (χ2v) is 8.69. The SMILES string of the molecule is O=C(C[C@H]1CCS(=O)(=O)C1)NCCNC1CCCCCC1. The quantitative estimate of drug-likeness (QED) is 0.571. The normalized spacial score (nSPS) is 26.4. The number of nitrogens with one attached hydrogen (secondary N) is 2. The summed E-state index contributed by atoms with van der Waals surface area (Å²) in [4.78, 5) is 11.8. The standard InChI is InChI=1S/C15H28N2O3S/c18-15(11-13-7-10-21(19,20)12-13)17-9-8-16-14-5-3-1-2-4-6-14/h13-14,16H,1-12H2,(H,17,18)/t13-/m1/s1. The monoisotopic (exact) mass is 316 g/mol. The van der Waals surface area contributed by atoms with Gasteiger partial charge in [-0.1, -0.05) is 25.7 Å². The van der Waals surface area contributed by atoms with Gasteiger partial charge in [0.05, 0.1) is 11.5 Å². The Labute approximate surface area is 128 Å². The van der Waals surface area contributed by atoms with Gasteiger partial charge in [-0.3, -0.25) is 4.79 Å². The summed E-state index contributed by atoms with van der Waals surface area (Å²) < 4.78 is 22.7. The van der Waals surface area contributed by atoms with Crippen molar-refractivity contribution in [3.8, 4) is 0 Å². The van der Waals surface area contributed by atoms with Crippen LogP contribution >= 0.6 is 0 Å². The second kappa shape index (κ2) is 8.13. The lowest BCUT2D eigenvalue weighted by atomic mass is 10.1. The van der Waals surface area contributed by atoms with Gasteiger partial charge in [0.1, 0.15) is 0 Å². The lowest BCUT2D eigenvalue weighted by molar-refractivity contribution is -0.121. The molecule has 0 aromatic carbocycles. The average molecular weight is 316 g/mol. The highest BCUT2D eigenvalue weighted by atomic mass is 32.2. The molecule has 1 saturated heterocycles. The molecule has 1 heterocycles. The van der Waals surface area contributed by atoms with E-state index in [0.717, 1.165) is 6.54 Å². The number of carbonyl (C=O) groups excluding carboxylic acids is 1. The maximum atomic E-state index is 11.8. The van der Waals surface area contributed by atoms with E-state index in [1.807, 2.05) is 0 Å². The predicted octanol–water partition coefficient (Wildman–Crippen LogP) is 1.24. The molecule has 0 aromatic heterocycles. The molecule has 0 unspecified atom stereocenters. The van der Waals surface area contributed by atoms with E-state index in [1.54, 1.807) is 0 Å². The van der Waals surface area contributed by atoms with Gasteiger partial charge in [-0.05, 0) is 25.2 Å². The fraction of sp³-hybridized carbons (Fsp3) is 0.933. The van der Waals surface area contributed by atoms with E-state index < -0.39 is 9.84 Å².